The molecule has 0 aliphatic heterocycles. The van der Waals surface area contributed by atoms with Crippen molar-refractivity contribution >= 4 is 17.3 Å². The fraction of sp³-hybridized carbons (Fsp3) is 0.588. The fourth-order valence-electron chi connectivity index (χ4n) is 3.16. The minimum atomic E-state index is 0.0672. The average molecular weight is 289 g/mol. The maximum atomic E-state index is 12.5. The Hall–Kier alpha value is -1.71. The maximum absolute atomic E-state index is 12.5. The highest BCUT2D eigenvalue weighted by atomic mass is 16.2. The van der Waals surface area contributed by atoms with Gasteiger partial charge in [0, 0.05) is 33.3 Å². The Morgan fingerprint density at radius 1 is 1.19 bits per heavy atom. The van der Waals surface area contributed by atoms with E-state index in [-0.39, 0.29) is 5.91 Å². The summed E-state index contributed by atoms with van der Waals surface area (Å²) in [5.41, 5.74) is 8.31. The molecule has 0 saturated heterocycles. The smallest absolute Gasteiger partial charge is 0.253 e. The highest BCUT2D eigenvalue weighted by Crippen LogP contribution is 2.26. The van der Waals surface area contributed by atoms with E-state index in [2.05, 4.69) is 0 Å². The van der Waals surface area contributed by atoms with E-state index in [1.54, 1.807) is 6.07 Å². The molecule has 0 bridgehead atoms. The van der Waals surface area contributed by atoms with Gasteiger partial charge < -0.3 is 15.5 Å². The molecule has 0 radical (unpaired) electrons. The van der Waals surface area contributed by atoms with Crippen molar-refractivity contribution in [1.29, 1.82) is 0 Å². The van der Waals surface area contributed by atoms with Gasteiger partial charge >= 0.3 is 0 Å². The van der Waals surface area contributed by atoms with Crippen molar-refractivity contribution in [3.05, 3.63) is 23.8 Å². The molecule has 0 heterocycles. The van der Waals surface area contributed by atoms with Gasteiger partial charge in [-0.05, 0) is 37.0 Å². The van der Waals surface area contributed by atoms with E-state index < -0.39 is 0 Å². The standard InChI is InChI=1S/C17H27N3O/c1-19(2)16-10-9-14(11-15(16)18)17(21)20(3)12-13-7-5-4-6-8-13/h9-11,13H,4-8,12,18H2,1-3H3. The van der Waals surface area contributed by atoms with Gasteiger partial charge in [0.1, 0.15) is 0 Å². The summed E-state index contributed by atoms with van der Waals surface area (Å²) in [6, 6.07) is 5.57. The van der Waals surface area contributed by atoms with Crippen LogP contribution in [0.5, 0.6) is 0 Å². The second-order valence-electron chi connectivity index (χ2n) is 6.36. The van der Waals surface area contributed by atoms with Gasteiger partial charge in [-0.15, -0.1) is 0 Å². The molecule has 1 aromatic carbocycles. The number of rotatable bonds is 4. The van der Waals surface area contributed by atoms with Crippen molar-refractivity contribution in [3.8, 4) is 0 Å². The highest BCUT2D eigenvalue weighted by molar-refractivity contribution is 5.96. The lowest BCUT2D eigenvalue weighted by Gasteiger charge is -2.27. The number of hydrogen-bond acceptors (Lipinski definition) is 3. The first kappa shape index (κ1) is 15.7. The third-order valence-electron chi connectivity index (χ3n) is 4.36. The van der Waals surface area contributed by atoms with Crippen LogP contribution in [-0.2, 0) is 0 Å². The van der Waals surface area contributed by atoms with Crippen molar-refractivity contribution < 1.29 is 4.79 Å². The molecule has 0 spiro atoms. The summed E-state index contributed by atoms with van der Waals surface area (Å²) in [5, 5.41) is 0. The number of hydrogen-bond donors (Lipinski definition) is 1. The zero-order valence-electron chi connectivity index (χ0n) is 13.4. The van der Waals surface area contributed by atoms with Crippen LogP contribution in [0.3, 0.4) is 0 Å². The first-order chi connectivity index (χ1) is 9.99. The average Bonchev–Trinajstić information content (AvgIpc) is 2.47. The highest BCUT2D eigenvalue weighted by Gasteiger charge is 2.19. The number of carbonyl (C=O) groups excluding carboxylic acids is 1. The molecule has 1 aliphatic rings. The summed E-state index contributed by atoms with van der Waals surface area (Å²) < 4.78 is 0. The summed E-state index contributed by atoms with van der Waals surface area (Å²) in [6.45, 7) is 0.855. The minimum Gasteiger partial charge on any atom is -0.397 e. The monoisotopic (exact) mass is 289 g/mol. The topological polar surface area (TPSA) is 49.6 Å². The Balaban J connectivity index is 2.03. The Bertz CT molecular complexity index is 493. The third kappa shape index (κ3) is 3.90. The van der Waals surface area contributed by atoms with Gasteiger partial charge in [-0.3, -0.25) is 4.79 Å². The number of nitrogens with two attached hydrogens (primary N) is 1. The molecule has 4 heteroatoms. The molecule has 1 amide bonds. The molecule has 116 valence electrons. The largest absolute Gasteiger partial charge is 0.397 e. The molecular weight excluding hydrogens is 262 g/mol. The quantitative estimate of drug-likeness (QED) is 0.867. The van der Waals surface area contributed by atoms with Crippen LogP contribution in [0, 0.1) is 5.92 Å². The van der Waals surface area contributed by atoms with Crippen molar-refractivity contribution in [1.82, 2.24) is 4.90 Å². The van der Waals surface area contributed by atoms with Crippen LogP contribution in [-0.4, -0.2) is 38.5 Å². The predicted octanol–water partition coefficient (Wildman–Crippen LogP) is 2.99. The molecule has 2 rings (SSSR count). The summed E-state index contributed by atoms with van der Waals surface area (Å²) in [5.74, 6) is 0.726. The zero-order chi connectivity index (χ0) is 15.4. The number of nitrogen functional groups attached to an aromatic ring is 1. The van der Waals surface area contributed by atoms with E-state index in [4.69, 9.17) is 5.73 Å². The second-order valence-corrected chi connectivity index (χ2v) is 6.36. The van der Waals surface area contributed by atoms with Gasteiger partial charge in [-0.25, -0.2) is 0 Å². The lowest BCUT2D eigenvalue weighted by Crippen LogP contribution is -2.32. The molecule has 0 aromatic heterocycles. The van der Waals surface area contributed by atoms with Crippen LogP contribution in [0.25, 0.3) is 0 Å². The lowest BCUT2D eigenvalue weighted by atomic mass is 9.89. The van der Waals surface area contributed by atoms with E-state index in [1.165, 1.54) is 32.1 Å². The van der Waals surface area contributed by atoms with Gasteiger partial charge in [-0.1, -0.05) is 19.3 Å². The normalized spacial score (nSPS) is 15.8. The van der Waals surface area contributed by atoms with Gasteiger partial charge in [0.05, 0.1) is 11.4 Å². The van der Waals surface area contributed by atoms with Crippen molar-refractivity contribution in [2.45, 2.75) is 32.1 Å². The van der Waals surface area contributed by atoms with E-state index >= 15 is 0 Å². The second kappa shape index (κ2) is 6.83. The van der Waals surface area contributed by atoms with Crippen LogP contribution in [0.4, 0.5) is 11.4 Å². The van der Waals surface area contributed by atoms with Crippen LogP contribution in [0.2, 0.25) is 0 Å². The number of anilines is 2. The molecule has 2 N–H and O–H groups in total. The van der Waals surface area contributed by atoms with Crippen LogP contribution in [0.1, 0.15) is 42.5 Å². The number of amides is 1. The lowest BCUT2D eigenvalue weighted by molar-refractivity contribution is 0.0760. The molecule has 21 heavy (non-hydrogen) atoms. The SMILES string of the molecule is CN(CC1CCCCC1)C(=O)c1ccc(N(C)C)c(N)c1. The molecule has 1 saturated carbocycles. The van der Waals surface area contributed by atoms with Gasteiger partial charge in [-0.2, -0.15) is 0 Å². The summed E-state index contributed by atoms with van der Waals surface area (Å²) in [7, 11) is 5.79. The predicted molar refractivity (Wildman–Crippen MR) is 88.7 cm³/mol. The number of benzene rings is 1. The fourth-order valence-corrected chi connectivity index (χ4v) is 3.16. The van der Waals surface area contributed by atoms with Gasteiger partial charge in [0.2, 0.25) is 0 Å². The van der Waals surface area contributed by atoms with E-state index in [9.17, 15) is 4.79 Å². The van der Waals surface area contributed by atoms with Crippen molar-refractivity contribution in [3.63, 3.8) is 0 Å². The Morgan fingerprint density at radius 2 is 1.86 bits per heavy atom. The Labute approximate surface area is 127 Å². The number of nitrogens with zero attached hydrogens (tertiary/aromatic N) is 2. The number of carbonyl (C=O) groups is 1. The Kier molecular flexibility index (Phi) is 5.10. The molecule has 0 atom stereocenters. The van der Waals surface area contributed by atoms with Crippen LogP contribution in [0.15, 0.2) is 18.2 Å². The molecular formula is C17H27N3O. The van der Waals surface area contributed by atoms with E-state index in [1.807, 2.05) is 43.1 Å². The molecule has 1 aliphatic carbocycles. The zero-order valence-corrected chi connectivity index (χ0v) is 13.4. The molecule has 1 aromatic rings. The first-order valence-electron chi connectivity index (χ1n) is 7.81. The third-order valence-corrected chi connectivity index (χ3v) is 4.36. The molecule has 4 nitrogen and oxygen atoms in total. The van der Waals surface area contributed by atoms with Crippen molar-refractivity contribution in [2.75, 3.05) is 38.3 Å². The van der Waals surface area contributed by atoms with Crippen LogP contribution < -0.4 is 10.6 Å². The molecule has 1 fully saturated rings. The van der Waals surface area contributed by atoms with E-state index in [0.29, 0.717) is 17.2 Å². The Morgan fingerprint density at radius 3 is 2.43 bits per heavy atom. The van der Waals surface area contributed by atoms with Crippen molar-refractivity contribution in [2.24, 2.45) is 5.92 Å². The summed E-state index contributed by atoms with van der Waals surface area (Å²) >= 11 is 0. The summed E-state index contributed by atoms with van der Waals surface area (Å²) in [4.78, 5) is 16.3. The van der Waals surface area contributed by atoms with Gasteiger partial charge in [0.25, 0.3) is 5.91 Å². The van der Waals surface area contributed by atoms with Gasteiger partial charge in [0.15, 0.2) is 0 Å². The van der Waals surface area contributed by atoms with E-state index in [0.717, 1.165) is 12.2 Å². The summed E-state index contributed by atoms with van der Waals surface area (Å²) in [6.07, 6.45) is 6.45. The maximum Gasteiger partial charge on any atom is 0.253 e. The first-order valence-corrected chi connectivity index (χ1v) is 7.81. The molecule has 0 unspecified atom stereocenters. The minimum absolute atomic E-state index is 0.0672. The van der Waals surface area contributed by atoms with Crippen LogP contribution >= 0.6 is 0 Å².